The number of aliphatic hydroxyl groups excluding tert-OH is 1. The Bertz CT molecular complexity index is 660. The zero-order chi connectivity index (χ0) is 16.8. The van der Waals surface area contributed by atoms with Gasteiger partial charge in [0.2, 0.25) is 0 Å². The van der Waals surface area contributed by atoms with Crippen molar-refractivity contribution in [3.05, 3.63) is 54.6 Å². The van der Waals surface area contributed by atoms with Crippen LogP contribution in [0, 0.1) is 5.92 Å². The highest BCUT2D eigenvalue weighted by Crippen LogP contribution is 2.20. The van der Waals surface area contributed by atoms with Gasteiger partial charge in [0.1, 0.15) is 0 Å². The molecule has 0 saturated carbocycles. The predicted octanol–water partition coefficient (Wildman–Crippen LogP) is 3.83. The van der Waals surface area contributed by atoms with Gasteiger partial charge in [0.25, 0.3) is 0 Å². The van der Waals surface area contributed by atoms with Crippen LogP contribution in [0.3, 0.4) is 0 Å². The van der Waals surface area contributed by atoms with Crippen molar-refractivity contribution in [2.24, 2.45) is 5.92 Å². The van der Waals surface area contributed by atoms with E-state index in [2.05, 4.69) is 15.5 Å². The van der Waals surface area contributed by atoms with Gasteiger partial charge >= 0.3 is 0 Å². The van der Waals surface area contributed by atoms with Gasteiger partial charge in [-0.25, -0.2) is 0 Å². The zero-order valence-electron chi connectivity index (χ0n) is 13.6. The summed E-state index contributed by atoms with van der Waals surface area (Å²) in [6.45, 7) is 2.02. The minimum Gasteiger partial charge on any atom is -0.396 e. The summed E-state index contributed by atoms with van der Waals surface area (Å²) in [5.74, 6) is 0.330. The van der Waals surface area contributed by atoms with Crippen molar-refractivity contribution >= 4 is 34.4 Å². The van der Waals surface area contributed by atoms with Gasteiger partial charge in [0.05, 0.1) is 0 Å². The second-order valence-electron chi connectivity index (χ2n) is 6.14. The van der Waals surface area contributed by atoms with Crippen molar-refractivity contribution in [3.63, 3.8) is 0 Å². The minimum atomic E-state index is 0.235. The van der Waals surface area contributed by atoms with E-state index in [0.29, 0.717) is 5.92 Å². The van der Waals surface area contributed by atoms with Crippen molar-refractivity contribution < 1.29 is 5.11 Å². The molecule has 0 aromatic heterocycles. The molecule has 0 radical (unpaired) electrons. The Kier molecular flexibility index (Phi) is 5.67. The van der Waals surface area contributed by atoms with Gasteiger partial charge in [-0.05, 0) is 67.4 Å². The lowest BCUT2D eigenvalue weighted by Crippen LogP contribution is -2.43. The second kappa shape index (κ2) is 8.13. The predicted molar refractivity (Wildman–Crippen MR) is 104 cm³/mol. The van der Waals surface area contributed by atoms with E-state index in [9.17, 15) is 5.11 Å². The molecule has 3 N–H and O–H groups in total. The molecule has 1 aliphatic heterocycles. The molecule has 5 heteroatoms. The third kappa shape index (κ3) is 4.46. The number of thiocarbonyl (C=S) groups is 1. The Labute approximate surface area is 148 Å². The van der Waals surface area contributed by atoms with Crippen LogP contribution in [0.4, 0.5) is 17.1 Å². The van der Waals surface area contributed by atoms with Gasteiger partial charge in [0.15, 0.2) is 5.11 Å². The molecule has 0 aliphatic carbocycles. The monoisotopic (exact) mass is 341 g/mol. The molecular formula is C19H23N3OS. The topological polar surface area (TPSA) is 47.5 Å². The number of anilines is 3. The van der Waals surface area contributed by atoms with E-state index in [1.807, 2.05) is 54.6 Å². The van der Waals surface area contributed by atoms with Crippen LogP contribution in [-0.4, -0.2) is 34.8 Å². The van der Waals surface area contributed by atoms with Gasteiger partial charge in [-0.1, -0.05) is 18.2 Å². The summed E-state index contributed by atoms with van der Waals surface area (Å²) < 4.78 is 0. The summed E-state index contributed by atoms with van der Waals surface area (Å²) in [5, 5.41) is 16.7. The van der Waals surface area contributed by atoms with E-state index in [4.69, 9.17) is 12.2 Å². The number of rotatable bonds is 4. The van der Waals surface area contributed by atoms with Gasteiger partial charge in [-0.15, -0.1) is 0 Å². The average molecular weight is 341 g/mol. The number of piperidine rings is 1. The van der Waals surface area contributed by atoms with Gasteiger partial charge < -0.3 is 20.6 Å². The normalized spacial score (nSPS) is 17.4. The van der Waals surface area contributed by atoms with Crippen LogP contribution in [0.25, 0.3) is 0 Å². The molecule has 1 fully saturated rings. The van der Waals surface area contributed by atoms with Crippen molar-refractivity contribution in [1.82, 2.24) is 4.90 Å². The van der Waals surface area contributed by atoms with E-state index < -0.39 is 0 Å². The van der Waals surface area contributed by atoms with Crippen LogP contribution in [0.15, 0.2) is 54.6 Å². The molecule has 0 unspecified atom stereocenters. The second-order valence-corrected chi connectivity index (χ2v) is 6.52. The number of nitrogens with one attached hydrogen (secondary N) is 2. The molecule has 1 saturated heterocycles. The molecule has 1 atom stereocenters. The van der Waals surface area contributed by atoms with Gasteiger partial charge in [-0.2, -0.15) is 0 Å². The van der Waals surface area contributed by atoms with E-state index in [0.717, 1.165) is 48.1 Å². The van der Waals surface area contributed by atoms with Crippen LogP contribution < -0.4 is 10.6 Å². The molecule has 126 valence electrons. The summed E-state index contributed by atoms with van der Waals surface area (Å²) in [5.41, 5.74) is 3.08. The highest BCUT2D eigenvalue weighted by atomic mass is 32.1. The molecule has 2 aromatic carbocycles. The summed E-state index contributed by atoms with van der Waals surface area (Å²) in [6.07, 6.45) is 2.16. The zero-order valence-corrected chi connectivity index (χ0v) is 14.4. The lowest BCUT2D eigenvalue weighted by atomic mass is 9.99. The first kappa shape index (κ1) is 16.7. The fraction of sp³-hybridized carbons (Fsp3) is 0.316. The molecule has 0 bridgehead atoms. The Morgan fingerprint density at radius 1 is 1.04 bits per heavy atom. The average Bonchev–Trinajstić information content (AvgIpc) is 2.64. The number of hydrogen-bond acceptors (Lipinski definition) is 3. The smallest absolute Gasteiger partial charge is 0.173 e. The van der Waals surface area contributed by atoms with E-state index in [-0.39, 0.29) is 6.61 Å². The highest BCUT2D eigenvalue weighted by molar-refractivity contribution is 7.80. The first-order valence-corrected chi connectivity index (χ1v) is 8.74. The maximum atomic E-state index is 9.33. The van der Waals surface area contributed by atoms with E-state index >= 15 is 0 Å². The standard InChI is InChI=1S/C19H23N3OS/c23-14-15-5-4-12-22(13-15)19(24)21-18-10-8-17(9-11-18)20-16-6-2-1-3-7-16/h1-3,6-11,15,20,23H,4-5,12-14H2,(H,21,24)/t15-/m0/s1. The van der Waals surface area contributed by atoms with Crippen LogP contribution in [0.1, 0.15) is 12.8 Å². The van der Waals surface area contributed by atoms with Crippen molar-refractivity contribution in [2.45, 2.75) is 12.8 Å². The Balaban J connectivity index is 1.56. The maximum absolute atomic E-state index is 9.33. The lowest BCUT2D eigenvalue weighted by molar-refractivity contribution is 0.162. The maximum Gasteiger partial charge on any atom is 0.173 e. The quantitative estimate of drug-likeness (QED) is 0.738. The Morgan fingerprint density at radius 3 is 2.42 bits per heavy atom. The van der Waals surface area contributed by atoms with Crippen LogP contribution in [0.2, 0.25) is 0 Å². The molecule has 4 nitrogen and oxygen atoms in total. The number of nitrogens with zero attached hydrogens (tertiary/aromatic N) is 1. The van der Waals surface area contributed by atoms with Crippen LogP contribution in [0.5, 0.6) is 0 Å². The lowest BCUT2D eigenvalue weighted by Gasteiger charge is -2.33. The number of benzene rings is 2. The number of para-hydroxylation sites is 1. The van der Waals surface area contributed by atoms with Gasteiger partial charge in [-0.3, -0.25) is 0 Å². The summed E-state index contributed by atoms with van der Waals surface area (Å²) in [4.78, 5) is 2.15. The van der Waals surface area contributed by atoms with Crippen molar-refractivity contribution in [3.8, 4) is 0 Å². The summed E-state index contributed by atoms with van der Waals surface area (Å²) in [6, 6.07) is 18.2. The molecule has 2 aromatic rings. The number of hydrogen-bond donors (Lipinski definition) is 3. The minimum absolute atomic E-state index is 0.235. The van der Waals surface area contributed by atoms with Crippen molar-refractivity contribution in [1.29, 1.82) is 0 Å². The highest BCUT2D eigenvalue weighted by Gasteiger charge is 2.20. The summed E-state index contributed by atoms with van der Waals surface area (Å²) >= 11 is 5.51. The Morgan fingerprint density at radius 2 is 1.71 bits per heavy atom. The summed E-state index contributed by atoms with van der Waals surface area (Å²) in [7, 11) is 0. The molecule has 1 aliphatic rings. The molecule has 0 spiro atoms. The third-order valence-corrected chi connectivity index (χ3v) is 4.62. The fourth-order valence-electron chi connectivity index (χ4n) is 2.93. The largest absolute Gasteiger partial charge is 0.396 e. The first-order chi connectivity index (χ1) is 11.7. The molecule has 1 heterocycles. The van der Waals surface area contributed by atoms with E-state index in [1.54, 1.807) is 0 Å². The fourth-order valence-corrected chi connectivity index (χ4v) is 3.21. The van der Waals surface area contributed by atoms with Crippen LogP contribution >= 0.6 is 12.2 Å². The SMILES string of the molecule is OC[C@H]1CCCN(C(=S)Nc2ccc(Nc3ccccc3)cc2)C1. The number of likely N-dealkylation sites (tertiary alicyclic amines) is 1. The first-order valence-electron chi connectivity index (χ1n) is 8.33. The van der Waals surface area contributed by atoms with Crippen molar-refractivity contribution in [2.75, 3.05) is 30.3 Å². The van der Waals surface area contributed by atoms with Crippen LogP contribution in [-0.2, 0) is 0 Å². The molecular weight excluding hydrogens is 318 g/mol. The molecule has 0 amide bonds. The molecule has 24 heavy (non-hydrogen) atoms. The third-order valence-electron chi connectivity index (χ3n) is 4.26. The van der Waals surface area contributed by atoms with Gasteiger partial charge in [0, 0.05) is 36.8 Å². The Hall–Kier alpha value is -2.11. The van der Waals surface area contributed by atoms with E-state index in [1.165, 1.54) is 0 Å². The number of aliphatic hydroxyl groups is 1. The molecule has 3 rings (SSSR count).